The van der Waals surface area contributed by atoms with Gasteiger partial charge in [-0.05, 0) is 40.7 Å². The van der Waals surface area contributed by atoms with Crippen molar-refractivity contribution >= 4 is 34.5 Å². The lowest BCUT2D eigenvalue weighted by molar-refractivity contribution is -0.391. The maximum Gasteiger partial charge on any atom is 0.368 e. The van der Waals surface area contributed by atoms with Crippen LogP contribution in [0.2, 0.25) is 5.02 Å². The van der Waals surface area contributed by atoms with Crippen LogP contribution in [0, 0.1) is 10.1 Å². The normalized spacial score (nSPS) is 14.6. The Kier molecular flexibility index (Phi) is 3.85. The Hall–Kier alpha value is -2.93. The van der Waals surface area contributed by atoms with Crippen LogP contribution in [0.1, 0.15) is 12.0 Å². The first-order chi connectivity index (χ1) is 12.1. The molecule has 4 rings (SSSR count). The number of nitrogens with zero attached hydrogens (tertiary/aromatic N) is 5. The average Bonchev–Trinajstić information content (AvgIpc) is 3.06. The van der Waals surface area contributed by atoms with Crippen LogP contribution < -0.4 is 4.90 Å². The zero-order chi connectivity index (χ0) is 17.4. The van der Waals surface area contributed by atoms with Gasteiger partial charge in [0.25, 0.3) is 0 Å². The lowest BCUT2D eigenvalue weighted by Gasteiger charge is -2.26. The summed E-state index contributed by atoms with van der Waals surface area (Å²) in [5.41, 5.74) is 2.89. The van der Waals surface area contributed by atoms with Gasteiger partial charge in [0.15, 0.2) is 5.82 Å². The van der Waals surface area contributed by atoms with E-state index in [1.54, 1.807) is 6.07 Å². The van der Waals surface area contributed by atoms with Crippen LogP contribution in [0.15, 0.2) is 48.7 Å². The van der Waals surface area contributed by atoms with Gasteiger partial charge in [0.2, 0.25) is 5.65 Å². The number of aromatic nitrogens is 3. The van der Waals surface area contributed by atoms with Crippen LogP contribution in [0.25, 0.3) is 11.2 Å². The van der Waals surface area contributed by atoms with Gasteiger partial charge in [-0.1, -0.05) is 39.4 Å². The number of imidazole rings is 1. The molecule has 0 fully saturated rings. The van der Waals surface area contributed by atoms with E-state index < -0.39 is 4.92 Å². The lowest BCUT2D eigenvalue weighted by atomic mass is 9.99. The van der Waals surface area contributed by atoms with E-state index in [2.05, 4.69) is 21.1 Å². The third kappa shape index (κ3) is 2.94. The summed E-state index contributed by atoms with van der Waals surface area (Å²) in [5, 5.41) is 16.2. The summed E-state index contributed by atoms with van der Waals surface area (Å²) in [6, 6.07) is 11.4. The number of anilines is 1. The molecule has 126 valence electrons. The van der Waals surface area contributed by atoms with Gasteiger partial charge in [-0.3, -0.25) is 0 Å². The molecule has 0 saturated heterocycles. The van der Waals surface area contributed by atoms with Crippen molar-refractivity contribution < 1.29 is 4.92 Å². The Balaban J connectivity index is 1.59. The third-order valence-corrected chi connectivity index (χ3v) is 4.52. The molecule has 1 aliphatic heterocycles. The fourth-order valence-electron chi connectivity index (χ4n) is 2.95. The Labute approximate surface area is 148 Å². The van der Waals surface area contributed by atoms with Gasteiger partial charge in [-0.2, -0.15) is 0 Å². The summed E-state index contributed by atoms with van der Waals surface area (Å²) in [7, 11) is 0. The highest BCUT2D eigenvalue weighted by Crippen LogP contribution is 2.26. The van der Waals surface area contributed by atoms with Crippen LogP contribution in [0.3, 0.4) is 0 Å². The second-order valence-corrected chi connectivity index (χ2v) is 6.20. The zero-order valence-corrected chi connectivity index (χ0v) is 13.9. The molecule has 25 heavy (non-hydrogen) atoms. The van der Waals surface area contributed by atoms with E-state index in [0.29, 0.717) is 18.0 Å². The first-order valence-electron chi connectivity index (χ1n) is 7.81. The minimum Gasteiger partial charge on any atom is -0.358 e. The molecule has 0 N–H and O–H groups in total. The largest absolute Gasteiger partial charge is 0.368 e. The van der Waals surface area contributed by atoms with E-state index in [-0.39, 0.29) is 5.82 Å². The van der Waals surface area contributed by atoms with Gasteiger partial charge < -0.3 is 15.0 Å². The zero-order valence-electron chi connectivity index (χ0n) is 13.2. The van der Waals surface area contributed by atoms with Crippen LogP contribution in [0.4, 0.5) is 11.6 Å². The first-order valence-corrected chi connectivity index (χ1v) is 8.19. The van der Waals surface area contributed by atoms with Gasteiger partial charge in [0.1, 0.15) is 6.20 Å². The minimum atomic E-state index is -0.481. The molecule has 7 nitrogen and oxygen atoms in total. The van der Waals surface area contributed by atoms with Gasteiger partial charge in [0, 0.05) is 24.2 Å². The number of nitro groups is 1. The van der Waals surface area contributed by atoms with E-state index in [4.69, 9.17) is 11.6 Å². The number of rotatable bonds is 3. The summed E-state index contributed by atoms with van der Waals surface area (Å²) in [6.07, 6.45) is 4.25. The van der Waals surface area contributed by atoms with Crippen LogP contribution in [-0.2, 0) is 0 Å². The molecule has 0 unspecified atom stereocenters. The van der Waals surface area contributed by atoms with E-state index in [1.807, 2.05) is 30.3 Å². The third-order valence-electron chi connectivity index (χ3n) is 4.27. The molecule has 0 spiro atoms. The first kappa shape index (κ1) is 15.6. The SMILES string of the molecule is O=[N+]([O-])c1cnc2ccc(N3CC=C(c4ccc(Cl)cc4)CC3)nn12. The predicted octanol–water partition coefficient (Wildman–Crippen LogP) is 3.58. The van der Waals surface area contributed by atoms with Gasteiger partial charge in [-0.15, -0.1) is 0 Å². The summed E-state index contributed by atoms with van der Waals surface area (Å²) < 4.78 is 1.27. The topological polar surface area (TPSA) is 76.6 Å². The van der Waals surface area contributed by atoms with Crippen molar-refractivity contribution in [3.63, 3.8) is 0 Å². The highest BCUT2D eigenvalue weighted by Gasteiger charge is 2.20. The van der Waals surface area contributed by atoms with Gasteiger partial charge in [-0.25, -0.2) is 4.98 Å². The molecule has 0 aliphatic carbocycles. The van der Waals surface area contributed by atoms with Gasteiger partial charge in [0.05, 0.1) is 0 Å². The second kappa shape index (κ2) is 6.18. The van der Waals surface area contributed by atoms with Crippen molar-refractivity contribution in [3.05, 3.63) is 69.4 Å². The minimum absolute atomic E-state index is 0.133. The van der Waals surface area contributed by atoms with Crippen LogP contribution >= 0.6 is 11.6 Å². The fourth-order valence-corrected chi connectivity index (χ4v) is 3.07. The average molecular weight is 356 g/mol. The molecule has 0 atom stereocenters. The smallest absolute Gasteiger partial charge is 0.358 e. The molecule has 2 aromatic heterocycles. The monoisotopic (exact) mass is 355 g/mol. The maximum absolute atomic E-state index is 11.1. The fraction of sp³-hybridized carbons (Fsp3) is 0.176. The molecule has 3 heterocycles. The highest BCUT2D eigenvalue weighted by molar-refractivity contribution is 6.30. The Morgan fingerprint density at radius 3 is 2.64 bits per heavy atom. The molecule has 0 amide bonds. The summed E-state index contributed by atoms with van der Waals surface area (Å²) in [4.78, 5) is 16.7. The Morgan fingerprint density at radius 2 is 1.96 bits per heavy atom. The number of hydrogen-bond donors (Lipinski definition) is 0. The van der Waals surface area contributed by atoms with Crippen LogP contribution in [-0.4, -0.2) is 32.6 Å². The van der Waals surface area contributed by atoms with Crippen LogP contribution in [0.5, 0.6) is 0 Å². The summed E-state index contributed by atoms with van der Waals surface area (Å²) in [5.74, 6) is 0.561. The number of halogens is 1. The van der Waals surface area contributed by atoms with Crippen molar-refractivity contribution in [1.29, 1.82) is 0 Å². The van der Waals surface area contributed by atoms with Crippen molar-refractivity contribution in [2.24, 2.45) is 0 Å². The van der Waals surface area contributed by atoms with E-state index >= 15 is 0 Å². The van der Waals surface area contributed by atoms with Crippen molar-refractivity contribution in [3.8, 4) is 0 Å². The molecule has 1 aromatic carbocycles. The molecule has 8 heteroatoms. The number of hydrogen-bond acceptors (Lipinski definition) is 5. The predicted molar refractivity (Wildman–Crippen MR) is 95.9 cm³/mol. The maximum atomic E-state index is 11.1. The second-order valence-electron chi connectivity index (χ2n) is 5.77. The summed E-state index contributed by atoms with van der Waals surface area (Å²) >= 11 is 5.94. The summed E-state index contributed by atoms with van der Waals surface area (Å²) in [6.45, 7) is 1.48. The van der Waals surface area contributed by atoms with E-state index in [1.165, 1.54) is 16.3 Å². The number of benzene rings is 1. The standard InChI is InChI=1S/C17H14ClN5O2/c18-14-3-1-12(2-4-14)13-7-9-21(10-8-13)16-6-5-15-19-11-17(23(24)25)22(15)20-16/h1-7,11H,8-10H2. The molecule has 0 bridgehead atoms. The molecule has 0 saturated carbocycles. The van der Waals surface area contributed by atoms with Crippen molar-refractivity contribution in [1.82, 2.24) is 14.6 Å². The van der Waals surface area contributed by atoms with E-state index in [9.17, 15) is 10.1 Å². The quantitative estimate of drug-likeness (QED) is 0.530. The molecule has 3 aromatic rings. The lowest BCUT2D eigenvalue weighted by Crippen LogP contribution is -2.29. The van der Waals surface area contributed by atoms with Gasteiger partial charge >= 0.3 is 5.82 Å². The van der Waals surface area contributed by atoms with Crippen molar-refractivity contribution in [2.75, 3.05) is 18.0 Å². The molecule has 1 aliphatic rings. The Morgan fingerprint density at radius 1 is 1.16 bits per heavy atom. The Bertz CT molecular complexity index is 980. The highest BCUT2D eigenvalue weighted by atomic mass is 35.5. The van der Waals surface area contributed by atoms with Crippen molar-refractivity contribution in [2.45, 2.75) is 6.42 Å². The van der Waals surface area contributed by atoms with E-state index in [0.717, 1.165) is 23.6 Å². The molecule has 0 radical (unpaired) electrons. The number of fused-ring (bicyclic) bond motifs is 1. The molecular formula is C17H14ClN5O2. The molecular weight excluding hydrogens is 342 g/mol.